The molecule has 1 amide bonds. The van der Waals surface area contributed by atoms with E-state index in [1.165, 1.54) is 12.1 Å². The summed E-state index contributed by atoms with van der Waals surface area (Å²) < 4.78 is 13.4. The summed E-state index contributed by atoms with van der Waals surface area (Å²) in [5.41, 5.74) is 2.48. The standard InChI is InChI=1S/C21H17FN4O/c22-16-5-3-4-15(12-16)21(27)26-10-8-25(9-11-26)20-13-17(14-23)24-19-7-2-1-6-18(19)20/h1-7,12-13H,8-11H2. The SMILES string of the molecule is N#Cc1cc(N2CCN(C(=O)c3cccc(F)c3)CC2)c2ccccc2n1. The van der Waals surface area contributed by atoms with Crippen molar-refractivity contribution in [3.63, 3.8) is 0 Å². The van der Waals surface area contributed by atoms with E-state index >= 15 is 0 Å². The molecule has 3 aromatic rings. The number of para-hydroxylation sites is 1. The van der Waals surface area contributed by atoms with Crippen molar-refractivity contribution in [1.29, 1.82) is 5.26 Å². The molecule has 1 aliphatic rings. The van der Waals surface area contributed by atoms with E-state index in [1.54, 1.807) is 23.1 Å². The van der Waals surface area contributed by atoms with Gasteiger partial charge in [-0.05, 0) is 30.3 Å². The lowest BCUT2D eigenvalue weighted by atomic mass is 10.1. The Morgan fingerprint density at radius 1 is 1.04 bits per heavy atom. The zero-order valence-corrected chi connectivity index (χ0v) is 14.6. The van der Waals surface area contributed by atoms with Crippen LogP contribution in [0.5, 0.6) is 0 Å². The quantitative estimate of drug-likeness (QED) is 0.704. The summed E-state index contributed by atoms with van der Waals surface area (Å²) in [4.78, 5) is 20.9. The molecule has 5 nitrogen and oxygen atoms in total. The molecule has 0 spiro atoms. The van der Waals surface area contributed by atoms with Crippen LogP contribution in [-0.4, -0.2) is 42.0 Å². The van der Waals surface area contributed by atoms with Crippen LogP contribution in [0, 0.1) is 17.1 Å². The van der Waals surface area contributed by atoms with Crippen LogP contribution in [-0.2, 0) is 0 Å². The fourth-order valence-electron chi connectivity index (χ4n) is 3.43. The zero-order valence-electron chi connectivity index (χ0n) is 14.6. The molecule has 1 fully saturated rings. The highest BCUT2D eigenvalue weighted by atomic mass is 19.1. The summed E-state index contributed by atoms with van der Waals surface area (Å²) in [5.74, 6) is -0.571. The summed E-state index contributed by atoms with van der Waals surface area (Å²) in [5, 5.41) is 10.3. The van der Waals surface area contributed by atoms with Crippen molar-refractivity contribution in [3.8, 4) is 6.07 Å². The number of nitriles is 1. The monoisotopic (exact) mass is 360 g/mol. The lowest BCUT2D eigenvalue weighted by molar-refractivity contribution is 0.0746. The molecule has 1 saturated heterocycles. The number of piperazine rings is 1. The van der Waals surface area contributed by atoms with E-state index in [0.717, 1.165) is 16.6 Å². The van der Waals surface area contributed by atoms with Crippen LogP contribution in [0.2, 0.25) is 0 Å². The summed E-state index contributed by atoms with van der Waals surface area (Å²) in [6, 6.07) is 17.4. The Labute approximate surface area is 156 Å². The number of nitrogens with zero attached hydrogens (tertiary/aromatic N) is 4. The number of pyridine rings is 1. The maximum atomic E-state index is 13.4. The molecule has 0 N–H and O–H groups in total. The number of aromatic nitrogens is 1. The van der Waals surface area contributed by atoms with Gasteiger partial charge in [0.15, 0.2) is 0 Å². The molecular formula is C21H17FN4O. The van der Waals surface area contributed by atoms with Crippen LogP contribution in [0.3, 0.4) is 0 Å². The van der Waals surface area contributed by atoms with Crippen LogP contribution >= 0.6 is 0 Å². The van der Waals surface area contributed by atoms with Crippen LogP contribution in [0.15, 0.2) is 54.6 Å². The molecule has 4 rings (SSSR count). The summed E-state index contributed by atoms with van der Waals surface area (Å²) in [7, 11) is 0. The highest BCUT2D eigenvalue weighted by Gasteiger charge is 2.24. The Hall–Kier alpha value is -3.46. The number of hydrogen-bond donors (Lipinski definition) is 0. The van der Waals surface area contributed by atoms with Crippen LogP contribution < -0.4 is 4.90 Å². The Bertz CT molecular complexity index is 1050. The molecule has 0 atom stereocenters. The average molecular weight is 360 g/mol. The van der Waals surface area contributed by atoms with E-state index in [-0.39, 0.29) is 5.91 Å². The number of fused-ring (bicyclic) bond motifs is 1. The summed E-state index contributed by atoms with van der Waals surface area (Å²) in [6.45, 7) is 2.35. The third-order valence-corrected chi connectivity index (χ3v) is 4.79. The van der Waals surface area contributed by atoms with Crippen molar-refractivity contribution in [2.45, 2.75) is 0 Å². The molecule has 134 valence electrons. The molecule has 1 aromatic heterocycles. The molecule has 0 unspecified atom stereocenters. The predicted molar refractivity (Wildman–Crippen MR) is 101 cm³/mol. The Morgan fingerprint density at radius 3 is 2.56 bits per heavy atom. The van der Waals surface area contributed by atoms with E-state index in [2.05, 4.69) is 16.0 Å². The second-order valence-electron chi connectivity index (χ2n) is 6.45. The number of rotatable bonds is 2. The van der Waals surface area contributed by atoms with Gasteiger partial charge in [0.05, 0.1) is 5.52 Å². The van der Waals surface area contributed by atoms with Crippen LogP contribution in [0.1, 0.15) is 16.1 Å². The third kappa shape index (κ3) is 3.32. The van der Waals surface area contributed by atoms with Crippen molar-refractivity contribution in [2.75, 3.05) is 31.1 Å². The zero-order chi connectivity index (χ0) is 18.8. The van der Waals surface area contributed by atoms with Crippen molar-refractivity contribution in [1.82, 2.24) is 9.88 Å². The van der Waals surface area contributed by atoms with Gasteiger partial charge in [0, 0.05) is 42.8 Å². The number of anilines is 1. The fourth-order valence-corrected chi connectivity index (χ4v) is 3.43. The van der Waals surface area contributed by atoms with Gasteiger partial charge in [-0.25, -0.2) is 9.37 Å². The number of halogens is 1. The minimum Gasteiger partial charge on any atom is -0.367 e. The van der Waals surface area contributed by atoms with Crippen LogP contribution in [0.4, 0.5) is 10.1 Å². The van der Waals surface area contributed by atoms with E-state index in [1.807, 2.05) is 24.3 Å². The largest absolute Gasteiger partial charge is 0.367 e. The van der Waals surface area contributed by atoms with E-state index in [9.17, 15) is 14.4 Å². The molecule has 6 heteroatoms. The summed E-state index contributed by atoms with van der Waals surface area (Å²) in [6.07, 6.45) is 0. The molecule has 0 bridgehead atoms. The molecule has 1 aliphatic heterocycles. The van der Waals surface area contributed by atoms with Gasteiger partial charge < -0.3 is 9.80 Å². The molecule has 0 saturated carbocycles. The maximum absolute atomic E-state index is 13.4. The topological polar surface area (TPSA) is 60.2 Å². The van der Waals surface area contributed by atoms with Gasteiger partial charge in [0.25, 0.3) is 5.91 Å². The molecule has 0 aliphatic carbocycles. The van der Waals surface area contributed by atoms with Gasteiger partial charge in [-0.3, -0.25) is 4.79 Å². The third-order valence-electron chi connectivity index (χ3n) is 4.79. The average Bonchev–Trinajstić information content (AvgIpc) is 2.72. The molecule has 27 heavy (non-hydrogen) atoms. The normalized spacial score (nSPS) is 14.2. The van der Waals surface area contributed by atoms with Gasteiger partial charge in [0.1, 0.15) is 17.6 Å². The first-order valence-corrected chi connectivity index (χ1v) is 8.75. The van der Waals surface area contributed by atoms with Crippen molar-refractivity contribution >= 4 is 22.5 Å². The number of hydrogen-bond acceptors (Lipinski definition) is 4. The first-order valence-electron chi connectivity index (χ1n) is 8.75. The minimum atomic E-state index is -0.410. The number of carbonyl (C=O) groups is 1. The summed E-state index contributed by atoms with van der Waals surface area (Å²) >= 11 is 0. The molecular weight excluding hydrogens is 343 g/mol. The predicted octanol–water partition coefficient (Wildman–Crippen LogP) is 3.21. The van der Waals surface area contributed by atoms with Gasteiger partial charge in [-0.15, -0.1) is 0 Å². The lowest BCUT2D eigenvalue weighted by Gasteiger charge is -2.36. The highest BCUT2D eigenvalue weighted by molar-refractivity contribution is 5.95. The van der Waals surface area contributed by atoms with Gasteiger partial charge >= 0.3 is 0 Å². The second kappa shape index (κ2) is 7.04. The number of benzene rings is 2. The molecule has 2 aromatic carbocycles. The molecule has 2 heterocycles. The van der Waals surface area contributed by atoms with Crippen molar-refractivity contribution in [2.24, 2.45) is 0 Å². The van der Waals surface area contributed by atoms with Crippen molar-refractivity contribution in [3.05, 3.63) is 71.7 Å². The van der Waals surface area contributed by atoms with E-state index in [4.69, 9.17) is 0 Å². The molecule has 0 radical (unpaired) electrons. The Morgan fingerprint density at radius 2 is 1.81 bits per heavy atom. The van der Waals surface area contributed by atoms with E-state index in [0.29, 0.717) is 37.4 Å². The lowest BCUT2D eigenvalue weighted by Crippen LogP contribution is -2.48. The van der Waals surface area contributed by atoms with Crippen molar-refractivity contribution < 1.29 is 9.18 Å². The second-order valence-corrected chi connectivity index (χ2v) is 6.45. The first kappa shape index (κ1) is 17.0. The van der Waals surface area contributed by atoms with E-state index < -0.39 is 5.82 Å². The maximum Gasteiger partial charge on any atom is 0.254 e. The minimum absolute atomic E-state index is 0.161. The number of carbonyl (C=O) groups excluding carboxylic acids is 1. The van der Waals surface area contributed by atoms with Gasteiger partial charge in [-0.1, -0.05) is 24.3 Å². The highest BCUT2D eigenvalue weighted by Crippen LogP contribution is 2.27. The number of amides is 1. The smallest absolute Gasteiger partial charge is 0.254 e. The van der Waals surface area contributed by atoms with Gasteiger partial charge in [0.2, 0.25) is 0 Å². The Kier molecular flexibility index (Phi) is 4.43. The van der Waals surface area contributed by atoms with Crippen LogP contribution in [0.25, 0.3) is 10.9 Å². The Balaban J connectivity index is 1.55. The fraction of sp³-hybridized carbons (Fsp3) is 0.190. The first-order chi connectivity index (χ1) is 13.2. The van der Waals surface area contributed by atoms with Gasteiger partial charge in [-0.2, -0.15) is 5.26 Å².